The van der Waals surface area contributed by atoms with Crippen molar-refractivity contribution in [2.75, 3.05) is 26.2 Å². The van der Waals surface area contributed by atoms with Crippen molar-refractivity contribution < 1.29 is 14.5 Å². The van der Waals surface area contributed by atoms with E-state index >= 15 is 0 Å². The molecule has 7 heteroatoms. The number of non-ortho nitro benzene ring substituents is 1. The maximum Gasteiger partial charge on any atom is 0.269 e. The smallest absolute Gasteiger partial charge is 0.269 e. The average molecular weight is 383 g/mol. The van der Waals surface area contributed by atoms with E-state index in [1.807, 2.05) is 35.2 Å². The lowest BCUT2D eigenvalue weighted by atomic mass is 10.2. The third kappa shape index (κ3) is 5.29. The minimum Gasteiger partial charge on any atom is -0.481 e. The molecule has 148 valence electrons. The highest BCUT2D eigenvalue weighted by Gasteiger charge is 2.24. The molecule has 1 unspecified atom stereocenters. The molecule has 1 saturated heterocycles. The van der Waals surface area contributed by atoms with Crippen molar-refractivity contribution in [2.24, 2.45) is 0 Å². The molecule has 0 saturated carbocycles. The Morgan fingerprint density at radius 1 is 1.07 bits per heavy atom. The van der Waals surface area contributed by atoms with Gasteiger partial charge in [0.05, 0.1) is 4.92 Å². The maximum absolute atomic E-state index is 12.7. The molecule has 28 heavy (non-hydrogen) atoms. The van der Waals surface area contributed by atoms with E-state index in [1.165, 1.54) is 12.1 Å². The standard InChI is InChI=1S/C21H25N3O4/c1-17(28-20-6-3-2-4-7-20)21(25)23-13-5-12-22(14-15-23)16-18-8-10-19(11-9-18)24(26)27/h2-4,6-11,17H,5,12-16H2,1H3. The minimum absolute atomic E-state index is 0.000962. The molecule has 0 aromatic heterocycles. The number of nitro groups is 1. The number of para-hydroxylation sites is 1. The maximum atomic E-state index is 12.7. The lowest BCUT2D eigenvalue weighted by Crippen LogP contribution is -2.42. The van der Waals surface area contributed by atoms with Crippen LogP contribution in [-0.4, -0.2) is 52.9 Å². The second kappa shape index (κ2) is 9.32. The Bertz CT molecular complexity index is 795. The Morgan fingerprint density at radius 3 is 2.46 bits per heavy atom. The van der Waals surface area contributed by atoms with E-state index in [4.69, 9.17) is 4.74 Å². The predicted molar refractivity (Wildman–Crippen MR) is 106 cm³/mol. The number of carbonyl (C=O) groups is 1. The van der Waals surface area contributed by atoms with E-state index in [2.05, 4.69) is 4.90 Å². The molecule has 1 aliphatic rings. The van der Waals surface area contributed by atoms with Gasteiger partial charge in [-0.05, 0) is 31.0 Å². The fourth-order valence-electron chi connectivity index (χ4n) is 3.34. The van der Waals surface area contributed by atoms with E-state index < -0.39 is 11.0 Å². The summed E-state index contributed by atoms with van der Waals surface area (Å²) in [6.45, 7) is 5.51. The molecule has 7 nitrogen and oxygen atoms in total. The zero-order chi connectivity index (χ0) is 19.9. The number of nitrogens with zero attached hydrogens (tertiary/aromatic N) is 3. The van der Waals surface area contributed by atoms with Gasteiger partial charge in [0.2, 0.25) is 0 Å². The van der Waals surface area contributed by atoms with Crippen LogP contribution in [0, 0.1) is 10.1 Å². The average Bonchev–Trinajstić information content (AvgIpc) is 2.94. The molecule has 2 aromatic carbocycles. The van der Waals surface area contributed by atoms with Crippen molar-refractivity contribution in [1.29, 1.82) is 0 Å². The number of carbonyl (C=O) groups excluding carboxylic acids is 1. The van der Waals surface area contributed by atoms with Gasteiger partial charge in [0.15, 0.2) is 6.10 Å². The van der Waals surface area contributed by atoms with Crippen LogP contribution in [0.15, 0.2) is 54.6 Å². The Morgan fingerprint density at radius 2 is 1.79 bits per heavy atom. The fourth-order valence-corrected chi connectivity index (χ4v) is 3.34. The van der Waals surface area contributed by atoms with Crippen LogP contribution in [0.25, 0.3) is 0 Å². The minimum atomic E-state index is -0.524. The molecular formula is C21H25N3O4. The van der Waals surface area contributed by atoms with Crippen LogP contribution in [0.4, 0.5) is 5.69 Å². The van der Waals surface area contributed by atoms with Gasteiger partial charge in [-0.1, -0.05) is 30.3 Å². The molecule has 1 heterocycles. The molecule has 3 rings (SSSR count). The molecular weight excluding hydrogens is 358 g/mol. The first-order valence-corrected chi connectivity index (χ1v) is 9.49. The first-order valence-electron chi connectivity index (χ1n) is 9.49. The van der Waals surface area contributed by atoms with Crippen molar-refractivity contribution in [3.63, 3.8) is 0 Å². The molecule has 0 bridgehead atoms. The zero-order valence-electron chi connectivity index (χ0n) is 16.0. The monoisotopic (exact) mass is 383 g/mol. The van der Waals surface area contributed by atoms with Crippen LogP contribution in [0.2, 0.25) is 0 Å². The highest BCUT2D eigenvalue weighted by atomic mass is 16.6. The number of hydrogen-bond acceptors (Lipinski definition) is 5. The molecule has 0 radical (unpaired) electrons. The number of ether oxygens (including phenoxy) is 1. The largest absolute Gasteiger partial charge is 0.481 e. The van der Waals surface area contributed by atoms with E-state index in [0.717, 1.165) is 31.6 Å². The third-order valence-corrected chi connectivity index (χ3v) is 4.86. The van der Waals surface area contributed by atoms with E-state index in [1.54, 1.807) is 19.1 Å². The summed E-state index contributed by atoms with van der Waals surface area (Å²) in [4.78, 5) is 27.3. The van der Waals surface area contributed by atoms with Gasteiger partial charge in [0, 0.05) is 44.9 Å². The van der Waals surface area contributed by atoms with Gasteiger partial charge in [-0.15, -0.1) is 0 Å². The van der Waals surface area contributed by atoms with Crippen molar-refractivity contribution in [3.8, 4) is 5.75 Å². The summed E-state index contributed by atoms with van der Waals surface area (Å²) in [6, 6.07) is 16.0. The van der Waals surface area contributed by atoms with E-state index in [0.29, 0.717) is 18.8 Å². The Balaban J connectivity index is 1.52. The first kappa shape index (κ1) is 19.8. The molecule has 0 aliphatic carbocycles. The summed E-state index contributed by atoms with van der Waals surface area (Å²) in [7, 11) is 0. The van der Waals surface area contributed by atoms with Gasteiger partial charge in [-0.25, -0.2) is 0 Å². The van der Waals surface area contributed by atoms with Gasteiger partial charge in [-0.3, -0.25) is 19.8 Å². The second-order valence-corrected chi connectivity index (χ2v) is 6.95. The molecule has 1 atom stereocenters. The fraction of sp³-hybridized carbons (Fsp3) is 0.381. The number of nitro benzene ring substituents is 1. The van der Waals surface area contributed by atoms with Crippen LogP contribution < -0.4 is 4.74 Å². The third-order valence-electron chi connectivity index (χ3n) is 4.86. The number of benzene rings is 2. The molecule has 1 amide bonds. The Labute approximate surface area is 164 Å². The van der Waals surface area contributed by atoms with Crippen LogP contribution >= 0.6 is 0 Å². The van der Waals surface area contributed by atoms with Gasteiger partial charge < -0.3 is 9.64 Å². The summed E-state index contributed by atoms with van der Waals surface area (Å²) >= 11 is 0. The normalized spacial score (nSPS) is 16.2. The number of rotatable bonds is 6. The van der Waals surface area contributed by atoms with Gasteiger partial charge in [-0.2, -0.15) is 0 Å². The van der Waals surface area contributed by atoms with Crippen molar-refractivity contribution in [2.45, 2.75) is 26.0 Å². The topological polar surface area (TPSA) is 75.9 Å². The molecule has 1 aliphatic heterocycles. The second-order valence-electron chi connectivity index (χ2n) is 6.95. The Hall–Kier alpha value is -2.93. The van der Waals surface area contributed by atoms with Crippen LogP contribution in [0.3, 0.4) is 0 Å². The first-order chi connectivity index (χ1) is 13.5. The summed E-state index contributed by atoms with van der Waals surface area (Å²) in [6.07, 6.45) is 0.361. The Kier molecular flexibility index (Phi) is 6.60. The summed E-state index contributed by atoms with van der Waals surface area (Å²) < 4.78 is 5.76. The highest BCUT2D eigenvalue weighted by Crippen LogP contribution is 2.16. The SMILES string of the molecule is CC(Oc1ccccc1)C(=O)N1CCCN(Cc2ccc([N+](=O)[O-])cc2)CC1. The summed E-state index contributed by atoms with van der Waals surface area (Å²) in [5.74, 6) is 0.694. The van der Waals surface area contributed by atoms with Gasteiger partial charge in [0.25, 0.3) is 11.6 Å². The number of hydrogen-bond donors (Lipinski definition) is 0. The van der Waals surface area contributed by atoms with Gasteiger partial charge >= 0.3 is 0 Å². The molecule has 0 spiro atoms. The number of amides is 1. The predicted octanol–water partition coefficient (Wildman–Crippen LogP) is 3.10. The zero-order valence-corrected chi connectivity index (χ0v) is 16.0. The molecule has 2 aromatic rings. The summed E-state index contributed by atoms with van der Waals surface area (Å²) in [5.41, 5.74) is 1.13. The van der Waals surface area contributed by atoms with Crippen molar-refractivity contribution >= 4 is 11.6 Å². The van der Waals surface area contributed by atoms with Crippen LogP contribution in [0.1, 0.15) is 18.9 Å². The van der Waals surface area contributed by atoms with Crippen LogP contribution in [0.5, 0.6) is 5.75 Å². The molecule has 1 fully saturated rings. The molecule has 0 N–H and O–H groups in total. The van der Waals surface area contributed by atoms with Crippen molar-refractivity contribution in [3.05, 3.63) is 70.3 Å². The quantitative estimate of drug-likeness (QED) is 0.566. The lowest BCUT2D eigenvalue weighted by Gasteiger charge is -2.25. The van der Waals surface area contributed by atoms with Crippen molar-refractivity contribution in [1.82, 2.24) is 9.80 Å². The van der Waals surface area contributed by atoms with E-state index in [9.17, 15) is 14.9 Å². The van der Waals surface area contributed by atoms with Gasteiger partial charge in [0.1, 0.15) is 5.75 Å². The summed E-state index contributed by atoms with van der Waals surface area (Å²) in [5, 5.41) is 10.8. The lowest BCUT2D eigenvalue weighted by molar-refractivity contribution is -0.384. The van der Waals surface area contributed by atoms with Crippen LogP contribution in [-0.2, 0) is 11.3 Å². The van der Waals surface area contributed by atoms with E-state index in [-0.39, 0.29) is 11.6 Å². The highest BCUT2D eigenvalue weighted by molar-refractivity contribution is 5.81.